The van der Waals surface area contributed by atoms with Crippen molar-refractivity contribution in [2.24, 2.45) is 0 Å². The summed E-state index contributed by atoms with van der Waals surface area (Å²) in [6, 6.07) is -1.64. The number of nitro groups is 1. The van der Waals surface area contributed by atoms with E-state index in [1.807, 2.05) is 18.7 Å². The molecule has 0 aliphatic carbocycles. The van der Waals surface area contributed by atoms with Crippen LogP contribution in [-0.2, 0) is 9.53 Å². The first-order valence-electron chi connectivity index (χ1n) is 12.4. The average molecular weight is 571 g/mol. The molecule has 208 valence electrons. The summed E-state index contributed by atoms with van der Waals surface area (Å²) in [6.45, 7) is 9.34. The fourth-order valence-corrected chi connectivity index (χ4v) is 4.89. The zero-order chi connectivity index (χ0) is 28.1. The third kappa shape index (κ3) is 6.33. The number of nitrogens with one attached hydrogen (secondary N) is 1. The summed E-state index contributed by atoms with van der Waals surface area (Å²) in [7, 11) is 0. The van der Waals surface area contributed by atoms with Crippen LogP contribution in [0.15, 0.2) is 12.4 Å². The third-order valence-corrected chi connectivity index (χ3v) is 6.76. The van der Waals surface area contributed by atoms with Crippen molar-refractivity contribution in [3.05, 3.63) is 33.1 Å². The van der Waals surface area contributed by atoms with Crippen LogP contribution in [0.4, 0.5) is 23.0 Å². The molecular weight excluding hydrogens is 539 g/mol. The third-order valence-electron chi connectivity index (χ3n) is 6.39. The number of esters is 1. The lowest BCUT2D eigenvalue weighted by Crippen LogP contribution is -2.54. The monoisotopic (exact) mass is 570 g/mol. The lowest BCUT2D eigenvalue weighted by atomic mass is 10.0. The van der Waals surface area contributed by atoms with Gasteiger partial charge in [-0.15, -0.1) is 0 Å². The van der Waals surface area contributed by atoms with Gasteiger partial charge in [0.25, 0.3) is 0 Å². The molecule has 0 radical (unpaired) electrons. The number of hydrogen-bond acceptors (Lipinski definition) is 12. The van der Waals surface area contributed by atoms with Gasteiger partial charge in [0, 0.05) is 18.5 Å². The van der Waals surface area contributed by atoms with E-state index in [4.69, 9.17) is 27.9 Å². The number of fused-ring (bicyclic) bond motifs is 1. The summed E-state index contributed by atoms with van der Waals surface area (Å²) >= 11 is 12.0. The Kier molecular flexibility index (Phi) is 9.85. The zero-order valence-electron chi connectivity index (χ0n) is 21.8. The highest BCUT2D eigenvalue weighted by Crippen LogP contribution is 2.35. The van der Waals surface area contributed by atoms with Gasteiger partial charge in [-0.3, -0.25) is 10.1 Å². The van der Waals surface area contributed by atoms with E-state index in [0.717, 1.165) is 6.20 Å². The van der Waals surface area contributed by atoms with Crippen LogP contribution in [0.1, 0.15) is 53.9 Å². The smallest absolute Gasteiger partial charge is 0.329 e. The first-order chi connectivity index (χ1) is 18.0. The van der Waals surface area contributed by atoms with Gasteiger partial charge < -0.3 is 25.0 Å². The highest BCUT2D eigenvalue weighted by atomic mass is 35.5. The van der Waals surface area contributed by atoms with E-state index >= 15 is 0 Å². The molecule has 3 rings (SSSR count). The number of aromatic nitrogens is 4. The molecule has 2 aromatic rings. The van der Waals surface area contributed by atoms with Crippen molar-refractivity contribution >= 4 is 52.2 Å². The second-order valence-corrected chi connectivity index (χ2v) is 9.86. The van der Waals surface area contributed by atoms with Crippen LogP contribution < -0.4 is 15.1 Å². The number of rotatable bonds is 11. The maximum Gasteiger partial charge on any atom is 0.329 e. The second-order valence-electron chi connectivity index (χ2n) is 9.18. The minimum atomic E-state index is -0.846. The SMILES string of the molecule is CCC1C(O)Nc2cnc(Cl)nc2N1C(C)CCOC(=O)[C@@H](CC)N(c1nc(Cl)ncc1[N+](=O)[O-])C(C)C. The molecule has 0 fully saturated rings. The number of halogens is 2. The lowest BCUT2D eigenvalue weighted by molar-refractivity contribution is -0.384. The summed E-state index contributed by atoms with van der Waals surface area (Å²) in [4.78, 5) is 43.8. The number of ether oxygens (including phenoxy) is 1. The summed E-state index contributed by atoms with van der Waals surface area (Å²) in [5.74, 6) is -0.0298. The Balaban J connectivity index is 1.76. The van der Waals surface area contributed by atoms with Gasteiger partial charge in [-0.25, -0.2) is 14.8 Å². The van der Waals surface area contributed by atoms with E-state index in [1.165, 1.54) is 11.1 Å². The number of aliphatic hydroxyl groups excluding tert-OH is 1. The Morgan fingerprint density at radius 1 is 1.24 bits per heavy atom. The Bertz CT molecular complexity index is 1160. The largest absolute Gasteiger partial charge is 0.464 e. The molecule has 3 unspecified atom stereocenters. The summed E-state index contributed by atoms with van der Waals surface area (Å²) in [5, 5.41) is 25.2. The van der Waals surface area contributed by atoms with Crippen molar-refractivity contribution in [3.63, 3.8) is 0 Å². The van der Waals surface area contributed by atoms with Crippen LogP contribution in [0.5, 0.6) is 0 Å². The number of carbonyl (C=O) groups excluding carboxylic acids is 1. The van der Waals surface area contributed by atoms with Crippen molar-refractivity contribution in [1.82, 2.24) is 19.9 Å². The van der Waals surface area contributed by atoms with Crippen molar-refractivity contribution in [2.45, 2.75) is 84.3 Å². The number of carbonyl (C=O) groups is 1. The quantitative estimate of drug-likeness (QED) is 0.174. The topological polar surface area (TPSA) is 160 Å². The Morgan fingerprint density at radius 2 is 1.89 bits per heavy atom. The molecule has 4 atom stereocenters. The number of nitrogens with zero attached hydrogens (tertiary/aromatic N) is 7. The second kappa shape index (κ2) is 12.7. The molecule has 13 nitrogen and oxygen atoms in total. The molecule has 38 heavy (non-hydrogen) atoms. The van der Waals surface area contributed by atoms with Crippen molar-refractivity contribution in [2.75, 3.05) is 21.7 Å². The maximum absolute atomic E-state index is 13.2. The fraction of sp³-hybridized carbons (Fsp3) is 0.609. The standard InChI is InChI=1S/C23H32Cl2N8O5/c1-6-15-20(34)28-14-10-26-22(24)29-18(14)32(15)13(5)8-9-38-21(35)16(7-2)31(12(3)4)19-17(33(36)37)11-27-23(25)30-19/h10-13,15-16,20,28,34H,6-9H2,1-5H3/t13?,15?,16-,20?/m1/s1. The van der Waals surface area contributed by atoms with Crippen molar-refractivity contribution in [3.8, 4) is 0 Å². The molecule has 1 aliphatic heterocycles. The first-order valence-corrected chi connectivity index (χ1v) is 13.1. The van der Waals surface area contributed by atoms with Crippen LogP contribution in [0.2, 0.25) is 10.6 Å². The molecular formula is C23H32Cl2N8O5. The molecule has 2 N–H and O–H groups in total. The predicted molar refractivity (Wildman–Crippen MR) is 144 cm³/mol. The average Bonchev–Trinajstić information content (AvgIpc) is 2.85. The maximum atomic E-state index is 13.2. The number of hydrogen-bond donors (Lipinski definition) is 2. The van der Waals surface area contributed by atoms with Crippen molar-refractivity contribution < 1.29 is 19.6 Å². The van der Waals surface area contributed by atoms with Gasteiger partial charge in [0.05, 0.1) is 29.5 Å². The van der Waals surface area contributed by atoms with E-state index in [2.05, 4.69) is 25.3 Å². The minimum absolute atomic E-state index is 0.0454. The van der Waals surface area contributed by atoms with E-state index in [1.54, 1.807) is 20.8 Å². The highest BCUT2D eigenvalue weighted by Gasteiger charge is 2.37. The molecule has 2 aromatic heterocycles. The molecule has 0 saturated carbocycles. The van der Waals surface area contributed by atoms with Crippen LogP contribution in [0, 0.1) is 10.1 Å². The Labute approximate surface area is 230 Å². The molecule has 0 saturated heterocycles. The Morgan fingerprint density at radius 3 is 2.50 bits per heavy atom. The van der Waals surface area contributed by atoms with E-state index in [-0.39, 0.29) is 46.8 Å². The van der Waals surface area contributed by atoms with Gasteiger partial charge in [0.15, 0.2) is 5.82 Å². The van der Waals surface area contributed by atoms with Crippen LogP contribution >= 0.6 is 23.2 Å². The van der Waals surface area contributed by atoms with Crippen molar-refractivity contribution in [1.29, 1.82) is 0 Å². The van der Waals surface area contributed by atoms with Gasteiger partial charge in [0.2, 0.25) is 16.4 Å². The lowest BCUT2D eigenvalue weighted by Gasteiger charge is -2.44. The summed E-state index contributed by atoms with van der Waals surface area (Å²) in [5.41, 5.74) is 0.198. The number of anilines is 3. The Hall–Kier alpha value is -3.03. The van der Waals surface area contributed by atoms with Crippen LogP contribution in [0.3, 0.4) is 0 Å². The molecule has 0 bridgehead atoms. The molecule has 1 aliphatic rings. The van der Waals surface area contributed by atoms with Gasteiger partial charge >= 0.3 is 11.7 Å². The van der Waals surface area contributed by atoms with E-state index in [9.17, 15) is 20.0 Å². The molecule has 15 heteroatoms. The first kappa shape index (κ1) is 29.5. The summed E-state index contributed by atoms with van der Waals surface area (Å²) < 4.78 is 5.66. The van der Waals surface area contributed by atoms with E-state index in [0.29, 0.717) is 30.8 Å². The molecule has 0 amide bonds. The van der Waals surface area contributed by atoms with Gasteiger partial charge in [-0.1, -0.05) is 13.8 Å². The zero-order valence-corrected chi connectivity index (χ0v) is 23.3. The molecule has 0 aromatic carbocycles. The normalized spacial score (nSPS) is 18.4. The molecule has 3 heterocycles. The summed E-state index contributed by atoms with van der Waals surface area (Å²) in [6.07, 6.45) is 3.07. The van der Waals surface area contributed by atoms with Gasteiger partial charge in [-0.2, -0.15) is 9.97 Å². The predicted octanol–water partition coefficient (Wildman–Crippen LogP) is 3.83. The van der Waals surface area contributed by atoms with Gasteiger partial charge in [-0.05, 0) is 56.8 Å². The highest BCUT2D eigenvalue weighted by molar-refractivity contribution is 6.28. The van der Waals surface area contributed by atoms with Crippen LogP contribution in [-0.4, -0.2) is 72.9 Å². The minimum Gasteiger partial charge on any atom is -0.464 e. The van der Waals surface area contributed by atoms with E-state index < -0.39 is 23.2 Å². The fourth-order valence-electron chi connectivity index (χ4n) is 4.63. The van der Waals surface area contributed by atoms with Crippen LogP contribution in [0.25, 0.3) is 0 Å². The number of aliphatic hydroxyl groups is 1. The molecule has 0 spiro atoms. The van der Waals surface area contributed by atoms with Gasteiger partial charge in [0.1, 0.15) is 18.5 Å².